The van der Waals surface area contributed by atoms with Gasteiger partial charge in [0, 0.05) is 12.2 Å². The number of nitriles is 1. The van der Waals surface area contributed by atoms with E-state index in [9.17, 15) is 0 Å². The van der Waals surface area contributed by atoms with Gasteiger partial charge in [-0.15, -0.1) is 0 Å². The first-order valence-electron chi connectivity index (χ1n) is 6.60. The van der Waals surface area contributed by atoms with Crippen LogP contribution < -0.4 is 10.5 Å². The van der Waals surface area contributed by atoms with Crippen LogP contribution in [-0.4, -0.2) is 11.0 Å². The molecule has 4 nitrogen and oxygen atoms in total. The quantitative estimate of drug-likeness (QED) is 0.903. The highest BCUT2D eigenvalue weighted by Crippen LogP contribution is 2.27. The van der Waals surface area contributed by atoms with E-state index in [0.29, 0.717) is 12.3 Å². The molecule has 0 aliphatic rings. The van der Waals surface area contributed by atoms with Gasteiger partial charge in [0.1, 0.15) is 24.1 Å². The second kappa shape index (κ2) is 7.21. The fraction of sp³-hybridized carbons (Fsp3) is 0.250. The molecule has 0 bridgehead atoms. The summed E-state index contributed by atoms with van der Waals surface area (Å²) in [7, 11) is 0. The van der Waals surface area contributed by atoms with Gasteiger partial charge in [-0.05, 0) is 64.7 Å². The van der Waals surface area contributed by atoms with E-state index < -0.39 is 0 Å². The molecule has 0 aliphatic heterocycles. The molecule has 1 unspecified atom stereocenters. The minimum Gasteiger partial charge on any atom is -0.488 e. The summed E-state index contributed by atoms with van der Waals surface area (Å²) >= 11 is 3.51. The van der Waals surface area contributed by atoms with Gasteiger partial charge in [-0.1, -0.05) is 6.07 Å². The van der Waals surface area contributed by atoms with Crippen LogP contribution in [0.15, 0.2) is 41.0 Å². The zero-order valence-electron chi connectivity index (χ0n) is 11.7. The number of aromatic nitrogens is 1. The third-order valence-corrected chi connectivity index (χ3v) is 3.51. The van der Waals surface area contributed by atoms with E-state index >= 15 is 0 Å². The Kier molecular flexibility index (Phi) is 5.32. The normalized spacial score (nSPS) is 11.7. The van der Waals surface area contributed by atoms with Crippen LogP contribution in [0.2, 0.25) is 0 Å². The molecule has 2 rings (SSSR count). The van der Waals surface area contributed by atoms with Crippen LogP contribution in [0.25, 0.3) is 0 Å². The molecule has 108 valence electrons. The van der Waals surface area contributed by atoms with Gasteiger partial charge in [0.15, 0.2) is 0 Å². The highest BCUT2D eigenvalue weighted by atomic mass is 79.9. The molecule has 1 atom stereocenters. The van der Waals surface area contributed by atoms with Gasteiger partial charge in [-0.3, -0.25) is 0 Å². The number of hydrogen-bond donors (Lipinski definition) is 1. The summed E-state index contributed by atoms with van der Waals surface area (Å²) in [5, 5.41) is 8.82. The SMILES string of the molecule is CC(N)Cc1ccc(OCc2ccnc(C#N)c2)c(Br)c1. The summed E-state index contributed by atoms with van der Waals surface area (Å²) in [5.74, 6) is 0.763. The van der Waals surface area contributed by atoms with E-state index in [2.05, 4.69) is 20.9 Å². The van der Waals surface area contributed by atoms with Gasteiger partial charge < -0.3 is 10.5 Å². The van der Waals surface area contributed by atoms with E-state index in [1.807, 2.05) is 37.3 Å². The maximum absolute atomic E-state index is 8.82. The van der Waals surface area contributed by atoms with Crippen LogP contribution in [0.1, 0.15) is 23.7 Å². The number of benzene rings is 1. The largest absolute Gasteiger partial charge is 0.488 e. The molecule has 1 aromatic carbocycles. The Balaban J connectivity index is 2.04. The molecule has 5 heteroatoms. The molecule has 0 saturated heterocycles. The molecule has 21 heavy (non-hydrogen) atoms. The Morgan fingerprint density at radius 3 is 2.81 bits per heavy atom. The van der Waals surface area contributed by atoms with Crippen LogP contribution in [0.3, 0.4) is 0 Å². The fourth-order valence-corrected chi connectivity index (χ4v) is 2.49. The molecule has 2 N–H and O–H groups in total. The topological polar surface area (TPSA) is 71.9 Å². The molecule has 0 amide bonds. The average Bonchev–Trinajstić information content (AvgIpc) is 2.46. The van der Waals surface area contributed by atoms with E-state index in [0.717, 1.165) is 22.2 Å². The maximum Gasteiger partial charge on any atom is 0.140 e. The van der Waals surface area contributed by atoms with E-state index in [-0.39, 0.29) is 6.04 Å². The summed E-state index contributed by atoms with van der Waals surface area (Å²) in [6.45, 7) is 2.37. The molecule has 0 aliphatic carbocycles. The molecule has 0 spiro atoms. The van der Waals surface area contributed by atoms with Crippen molar-refractivity contribution < 1.29 is 4.74 Å². The first-order valence-corrected chi connectivity index (χ1v) is 7.39. The van der Waals surface area contributed by atoms with Crippen molar-refractivity contribution in [3.63, 3.8) is 0 Å². The number of ether oxygens (including phenoxy) is 1. The highest BCUT2D eigenvalue weighted by molar-refractivity contribution is 9.10. The lowest BCUT2D eigenvalue weighted by molar-refractivity contribution is 0.304. The smallest absolute Gasteiger partial charge is 0.140 e. The maximum atomic E-state index is 8.82. The van der Waals surface area contributed by atoms with Gasteiger partial charge in [0.25, 0.3) is 0 Å². The summed E-state index contributed by atoms with van der Waals surface area (Å²) in [5.41, 5.74) is 8.26. The predicted octanol–water partition coefficient (Wildman–Crippen LogP) is 3.18. The fourth-order valence-electron chi connectivity index (χ4n) is 1.95. The number of pyridine rings is 1. The van der Waals surface area contributed by atoms with Gasteiger partial charge in [0.2, 0.25) is 0 Å². The van der Waals surface area contributed by atoms with E-state index in [4.69, 9.17) is 15.7 Å². The van der Waals surface area contributed by atoms with Crippen LogP contribution in [0.4, 0.5) is 0 Å². The van der Waals surface area contributed by atoms with E-state index in [1.54, 1.807) is 12.3 Å². The van der Waals surface area contributed by atoms with Gasteiger partial charge >= 0.3 is 0 Å². The number of rotatable bonds is 5. The van der Waals surface area contributed by atoms with Crippen molar-refractivity contribution in [2.75, 3.05) is 0 Å². The van der Waals surface area contributed by atoms with Crippen molar-refractivity contribution in [2.45, 2.75) is 26.0 Å². The molecule has 2 aromatic rings. The second-order valence-electron chi connectivity index (χ2n) is 4.90. The molecular weight excluding hydrogens is 330 g/mol. The second-order valence-corrected chi connectivity index (χ2v) is 5.75. The van der Waals surface area contributed by atoms with Crippen LogP contribution in [0, 0.1) is 11.3 Å². The Bertz CT molecular complexity index is 665. The molecular formula is C16H16BrN3O. The van der Waals surface area contributed by atoms with Crippen molar-refractivity contribution in [1.82, 2.24) is 4.98 Å². The molecule has 1 aromatic heterocycles. The van der Waals surface area contributed by atoms with Crippen LogP contribution in [0.5, 0.6) is 5.75 Å². The third-order valence-electron chi connectivity index (χ3n) is 2.89. The predicted molar refractivity (Wildman–Crippen MR) is 84.8 cm³/mol. The van der Waals surface area contributed by atoms with Crippen molar-refractivity contribution >= 4 is 15.9 Å². The Morgan fingerprint density at radius 2 is 2.14 bits per heavy atom. The minimum absolute atomic E-state index is 0.130. The number of halogens is 1. The van der Waals surface area contributed by atoms with E-state index in [1.165, 1.54) is 5.56 Å². The molecule has 0 fully saturated rings. The van der Waals surface area contributed by atoms with Gasteiger partial charge in [-0.25, -0.2) is 4.98 Å². The number of hydrogen-bond acceptors (Lipinski definition) is 4. The zero-order chi connectivity index (χ0) is 15.2. The summed E-state index contributed by atoms with van der Waals surface area (Å²) in [4.78, 5) is 3.93. The Labute approximate surface area is 132 Å². The number of nitrogens with two attached hydrogens (primary N) is 1. The third kappa shape index (κ3) is 4.55. The summed E-state index contributed by atoms with van der Waals surface area (Å²) in [6.07, 6.45) is 2.44. The lowest BCUT2D eigenvalue weighted by Gasteiger charge is -2.11. The molecule has 0 radical (unpaired) electrons. The van der Waals surface area contributed by atoms with Crippen molar-refractivity contribution in [3.05, 3.63) is 57.8 Å². The number of nitrogens with zero attached hydrogens (tertiary/aromatic N) is 2. The highest BCUT2D eigenvalue weighted by Gasteiger charge is 2.05. The minimum atomic E-state index is 0.130. The Morgan fingerprint density at radius 1 is 1.33 bits per heavy atom. The van der Waals surface area contributed by atoms with Crippen LogP contribution >= 0.6 is 15.9 Å². The zero-order valence-corrected chi connectivity index (χ0v) is 13.3. The average molecular weight is 346 g/mol. The van der Waals surface area contributed by atoms with Gasteiger partial charge in [0.05, 0.1) is 4.47 Å². The Hall–Kier alpha value is -1.90. The molecule has 0 saturated carbocycles. The van der Waals surface area contributed by atoms with Crippen LogP contribution in [-0.2, 0) is 13.0 Å². The van der Waals surface area contributed by atoms with Crippen molar-refractivity contribution in [2.24, 2.45) is 5.73 Å². The monoisotopic (exact) mass is 345 g/mol. The first-order chi connectivity index (χ1) is 10.1. The summed E-state index contributed by atoms with van der Waals surface area (Å²) in [6, 6.07) is 11.7. The lowest BCUT2D eigenvalue weighted by atomic mass is 10.1. The van der Waals surface area contributed by atoms with Crippen molar-refractivity contribution in [1.29, 1.82) is 5.26 Å². The van der Waals surface area contributed by atoms with Gasteiger partial charge in [-0.2, -0.15) is 5.26 Å². The molecule has 1 heterocycles. The first kappa shape index (κ1) is 15.5. The summed E-state index contributed by atoms with van der Waals surface area (Å²) < 4.78 is 6.67. The lowest BCUT2D eigenvalue weighted by Crippen LogP contribution is -2.17. The standard InChI is InChI=1S/C16H16BrN3O/c1-11(19)6-12-2-3-16(15(17)8-12)21-10-13-4-5-20-14(7-13)9-18/h2-5,7-8,11H,6,10,19H2,1H3. The van der Waals surface area contributed by atoms with Crippen molar-refractivity contribution in [3.8, 4) is 11.8 Å².